The van der Waals surface area contributed by atoms with Crippen LogP contribution in [0, 0.1) is 0 Å². The molecule has 1 heteroatoms. The summed E-state index contributed by atoms with van der Waals surface area (Å²) >= 11 is 0. The maximum absolute atomic E-state index is 2.37. The minimum absolute atomic E-state index is 1.14. The van der Waals surface area contributed by atoms with E-state index in [0.717, 1.165) is 6.42 Å². The van der Waals surface area contributed by atoms with Gasteiger partial charge in [-0.3, -0.25) is 0 Å². The van der Waals surface area contributed by atoms with E-state index in [4.69, 9.17) is 0 Å². The van der Waals surface area contributed by atoms with E-state index < -0.39 is 0 Å². The number of fused-ring (bicyclic) bond motifs is 3. The van der Waals surface area contributed by atoms with Crippen molar-refractivity contribution in [2.24, 2.45) is 0 Å². The minimum atomic E-state index is 1.14. The van der Waals surface area contributed by atoms with Crippen LogP contribution in [0.2, 0.25) is 0 Å². The minimum Gasteiger partial charge on any atom is -0.309 e. The fraction of sp³-hybridized carbons (Fsp3) is 0.120. The van der Waals surface area contributed by atoms with Crippen LogP contribution in [0.4, 0.5) is 0 Å². The number of allylic oxidation sites excluding steroid dienone is 4. The molecule has 0 amide bonds. The summed E-state index contributed by atoms with van der Waals surface area (Å²) in [4.78, 5) is 0. The number of benzene rings is 3. The lowest BCUT2D eigenvalue weighted by molar-refractivity contribution is 0.977. The molecule has 0 atom stereocenters. The number of hydrogen-bond acceptors (Lipinski definition) is 0. The monoisotopic (exact) mass is 335 g/mol. The van der Waals surface area contributed by atoms with Crippen LogP contribution >= 0.6 is 0 Å². The quantitative estimate of drug-likeness (QED) is 0.375. The number of rotatable bonds is 2. The van der Waals surface area contributed by atoms with Gasteiger partial charge in [-0.15, -0.1) is 0 Å². The predicted molar refractivity (Wildman–Crippen MR) is 112 cm³/mol. The van der Waals surface area contributed by atoms with Crippen LogP contribution in [0.5, 0.6) is 0 Å². The Morgan fingerprint density at radius 3 is 1.85 bits per heavy atom. The topological polar surface area (TPSA) is 4.93 Å². The molecule has 3 aromatic carbocycles. The van der Waals surface area contributed by atoms with E-state index in [-0.39, 0.29) is 0 Å². The highest BCUT2D eigenvalue weighted by atomic mass is 15.0. The molecule has 5 rings (SSSR count). The normalized spacial score (nSPS) is 14.5. The Bertz CT molecular complexity index is 1120. The summed E-state index contributed by atoms with van der Waals surface area (Å²) in [6.45, 7) is 2.21. The molecule has 0 saturated heterocycles. The van der Waals surface area contributed by atoms with Gasteiger partial charge in [-0.2, -0.15) is 0 Å². The van der Waals surface area contributed by atoms with Crippen molar-refractivity contribution >= 4 is 27.4 Å². The molecule has 0 bridgehead atoms. The molecule has 1 aliphatic rings. The van der Waals surface area contributed by atoms with Crippen LogP contribution in [0.1, 0.15) is 25.3 Å². The van der Waals surface area contributed by atoms with Gasteiger partial charge in [-0.1, -0.05) is 66.3 Å². The third-order valence-corrected chi connectivity index (χ3v) is 5.43. The van der Waals surface area contributed by atoms with Gasteiger partial charge in [-0.05, 0) is 55.2 Å². The molecular weight excluding hydrogens is 314 g/mol. The van der Waals surface area contributed by atoms with E-state index in [9.17, 15) is 0 Å². The highest BCUT2D eigenvalue weighted by Gasteiger charge is 2.12. The van der Waals surface area contributed by atoms with Crippen molar-refractivity contribution < 1.29 is 0 Å². The van der Waals surface area contributed by atoms with Gasteiger partial charge in [0.15, 0.2) is 0 Å². The lowest BCUT2D eigenvalue weighted by atomic mass is 9.94. The standard InChI is InChI=1S/C25H21N/c1-18-10-12-19(13-11-18)20-14-16-21(17-15-20)26-24-8-4-2-6-22(24)23-7-3-5-9-25(23)26/h2-10,12,14-17H,11,13H2,1H3. The van der Waals surface area contributed by atoms with E-state index in [0.29, 0.717) is 0 Å². The van der Waals surface area contributed by atoms with Crippen molar-refractivity contribution in [2.45, 2.75) is 19.8 Å². The molecule has 0 aliphatic heterocycles. The third-order valence-electron chi connectivity index (χ3n) is 5.43. The summed E-state index contributed by atoms with van der Waals surface area (Å²) in [6, 6.07) is 26.3. The summed E-state index contributed by atoms with van der Waals surface area (Å²) in [5.74, 6) is 0. The van der Waals surface area contributed by atoms with Gasteiger partial charge in [0.2, 0.25) is 0 Å². The zero-order chi connectivity index (χ0) is 17.5. The summed E-state index contributed by atoms with van der Waals surface area (Å²) < 4.78 is 2.37. The Labute approximate surface area is 153 Å². The summed E-state index contributed by atoms with van der Waals surface area (Å²) in [5.41, 5.74) is 7.97. The maximum atomic E-state index is 2.37. The molecule has 26 heavy (non-hydrogen) atoms. The second-order valence-corrected chi connectivity index (χ2v) is 7.12. The molecule has 0 fully saturated rings. The smallest absolute Gasteiger partial charge is 0.0541 e. The predicted octanol–water partition coefficient (Wildman–Crippen LogP) is 6.91. The zero-order valence-corrected chi connectivity index (χ0v) is 14.9. The van der Waals surface area contributed by atoms with Crippen molar-refractivity contribution in [2.75, 3.05) is 0 Å². The maximum Gasteiger partial charge on any atom is 0.0541 e. The number of para-hydroxylation sites is 2. The Kier molecular flexibility index (Phi) is 3.53. The SMILES string of the molecule is CC1=CC=C(c2ccc(-n3c4ccccc4c4ccccc43)cc2)CC1. The summed E-state index contributed by atoms with van der Waals surface area (Å²) in [6.07, 6.45) is 6.82. The largest absolute Gasteiger partial charge is 0.309 e. The van der Waals surface area contributed by atoms with Crippen LogP contribution in [0.3, 0.4) is 0 Å². The Morgan fingerprint density at radius 2 is 1.27 bits per heavy atom. The van der Waals surface area contributed by atoms with Crippen molar-refractivity contribution in [1.82, 2.24) is 4.57 Å². The van der Waals surface area contributed by atoms with Gasteiger partial charge in [0.25, 0.3) is 0 Å². The molecule has 0 unspecified atom stereocenters. The molecule has 0 radical (unpaired) electrons. The van der Waals surface area contributed by atoms with Gasteiger partial charge in [-0.25, -0.2) is 0 Å². The van der Waals surface area contributed by atoms with Crippen LogP contribution < -0.4 is 0 Å². The lowest BCUT2D eigenvalue weighted by Crippen LogP contribution is -1.95. The first-order chi connectivity index (χ1) is 12.8. The first kappa shape index (κ1) is 15.2. The Balaban J connectivity index is 1.66. The van der Waals surface area contributed by atoms with Gasteiger partial charge >= 0.3 is 0 Å². The molecule has 1 aliphatic carbocycles. The van der Waals surface area contributed by atoms with Crippen LogP contribution in [0.25, 0.3) is 33.1 Å². The molecule has 4 aromatic rings. The molecular formula is C25H21N. The number of hydrogen-bond donors (Lipinski definition) is 0. The number of aromatic nitrogens is 1. The molecule has 0 spiro atoms. The van der Waals surface area contributed by atoms with Crippen LogP contribution in [-0.4, -0.2) is 4.57 Å². The fourth-order valence-electron chi connectivity index (χ4n) is 4.01. The first-order valence-electron chi connectivity index (χ1n) is 9.26. The van der Waals surface area contributed by atoms with Crippen molar-refractivity contribution in [3.8, 4) is 5.69 Å². The molecule has 0 N–H and O–H groups in total. The number of nitrogens with zero attached hydrogens (tertiary/aromatic N) is 1. The third kappa shape index (κ3) is 2.40. The molecule has 1 aromatic heterocycles. The van der Waals surface area contributed by atoms with Crippen molar-refractivity contribution in [3.63, 3.8) is 0 Å². The second kappa shape index (κ2) is 6.03. The van der Waals surface area contributed by atoms with E-state index in [2.05, 4.69) is 96.4 Å². The lowest BCUT2D eigenvalue weighted by Gasteiger charge is -2.14. The fourth-order valence-corrected chi connectivity index (χ4v) is 4.01. The van der Waals surface area contributed by atoms with E-state index in [1.165, 1.54) is 50.6 Å². The van der Waals surface area contributed by atoms with Crippen molar-refractivity contribution in [3.05, 3.63) is 96.1 Å². The van der Waals surface area contributed by atoms with Crippen LogP contribution in [-0.2, 0) is 0 Å². The van der Waals surface area contributed by atoms with E-state index in [1.807, 2.05) is 0 Å². The highest BCUT2D eigenvalue weighted by molar-refractivity contribution is 6.09. The van der Waals surface area contributed by atoms with Gasteiger partial charge in [0.1, 0.15) is 0 Å². The van der Waals surface area contributed by atoms with Crippen LogP contribution in [0.15, 0.2) is 90.5 Å². The highest BCUT2D eigenvalue weighted by Crippen LogP contribution is 2.33. The molecule has 126 valence electrons. The summed E-state index contributed by atoms with van der Waals surface area (Å²) in [7, 11) is 0. The first-order valence-corrected chi connectivity index (χ1v) is 9.26. The van der Waals surface area contributed by atoms with E-state index in [1.54, 1.807) is 0 Å². The second-order valence-electron chi connectivity index (χ2n) is 7.12. The molecule has 1 heterocycles. The van der Waals surface area contributed by atoms with Gasteiger partial charge < -0.3 is 4.57 Å². The Morgan fingerprint density at radius 1 is 0.654 bits per heavy atom. The average Bonchev–Trinajstić information content (AvgIpc) is 3.03. The molecule has 0 saturated carbocycles. The van der Waals surface area contributed by atoms with Gasteiger partial charge in [0, 0.05) is 16.5 Å². The average molecular weight is 335 g/mol. The molecule has 1 nitrogen and oxygen atoms in total. The zero-order valence-electron chi connectivity index (χ0n) is 14.9. The van der Waals surface area contributed by atoms with E-state index >= 15 is 0 Å². The Hall–Kier alpha value is -3.06. The summed E-state index contributed by atoms with van der Waals surface area (Å²) in [5, 5.41) is 2.62. The van der Waals surface area contributed by atoms with Gasteiger partial charge in [0.05, 0.1) is 11.0 Å². The van der Waals surface area contributed by atoms with Crippen molar-refractivity contribution in [1.29, 1.82) is 0 Å².